The predicted molar refractivity (Wildman–Crippen MR) is 98.3 cm³/mol. The molecule has 0 saturated carbocycles. The van der Waals surface area contributed by atoms with Crippen LogP contribution in [0.25, 0.3) is 0 Å². The summed E-state index contributed by atoms with van der Waals surface area (Å²) < 4.78 is 5.78. The first-order chi connectivity index (χ1) is 10.7. The molecule has 0 heterocycles. The third kappa shape index (κ3) is 6.67. The highest BCUT2D eigenvalue weighted by Crippen LogP contribution is 2.15. The fourth-order valence-electron chi connectivity index (χ4n) is 2.32. The average molecular weight is 337 g/mol. The van der Waals surface area contributed by atoms with E-state index in [0.717, 1.165) is 17.5 Å². The van der Waals surface area contributed by atoms with Crippen molar-refractivity contribution >= 4 is 18.5 Å². The highest BCUT2D eigenvalue weighted by Gasteiger charge is 2.10. The average Bonchev–Trinajstić information content (AvgIpc) is 2.45. The van der Waals surface area contributed by atoms with E-state index < -0.39 is 0 Å². The van der Waals surface area contributed by atoms with Gasteiger partial charge in [-0.15, -0.1) is 12.6 Å². The number of aryl methyl sites for hydroxylation is 1. The number of benzene rings is 1. The van der Waals surface area contributed by atoms with Gasteiger partial charge in [0.15, 0.2) is 0 Å². The molecule has 0 spiro atoms. The number of amides is 1. The Hall–Kier alpha value is -1.46. The van der Waals surface area contributed by atoms with Crippen LogP contribution in [0.5, 0.6) is 0 Å². The molecule has 0 aliphatic rings. The zero-order chi connectivity index (χ0) is 17.6. The number of thiol groups is 1. The second kappa shape index (κ2) is 8.99. The molecule has 3 N–H and O–H groups in total. The molecule has 1 atom stereocenters. The quantitative estimate of drug-likeness (QED) is 0.529. The van der Waals surface area contributed by atoms with Gasteiger partial charge in [-0.1, -0.05) is 18.2 Å². The SMILES string of the molecule is C/C(S)=C(/N)C(=O)NCc1cc(CC(C)OC(C)C)ccc1C. The minimum atomic E-state index is -0.293. The Bertz CT molecular complexity index is 578. The van der Waals surface area contributed by atoms with Crippen LogP contribution in [0.15, 0.2) is 28.8 Å². The lowest BCUT2D eigenvalue weighted by Crippen LogP contribution is -2.29. The van der Waals surface area contributed by atoms with Crippen LogP contribution < -0.4 is 11.1 Å². The molecule has 1 unspecified atom stereocenters. The van der Waals surface area contributed by atoms with Crippen molar-refractivity contribution in [1.82, 2.24) is 5.32 Å². The van der Waals surface area contributed by atoms with Crippen LogP contribution in [0, 0.1) is 6.92 Å². The van der Waals surface area contributed by atoms with Crippen molar-refractivity contribution in [2.75, 3.05) is 0 Å². The summed E-state index contributed by atoms with van der Waals surface area (Å²) in [4.78, 5) is 12.4. The smallest absolute Gasteiger partial charge is 0.268 e. The van der Waals surface area contributed by atoms with Gasteiger partial charge < -0.3 is 15.8 Å². The van der Waals surface area contributed by atoms with Crippen LogP contribution in [-0.2, 0) is 22.5 Å². The van der Waals surface area contributed by atoms with Crippen molar-refractivity contribution in [1.29, 1.82) is 0 Å². The van der Waals surface area contributed by atoms with Gasteiger partial charge in [0.05, 0.1) is 12.2 Å². The molecule has 1 amide bonds. The zero-order valence-electron chi connectivity index (χ0n) is 14.6. The van der Waals surface area contributed by atoms with Crippen LogP contribution in [0.2, 0.25) is 0 Å². The highest BCUT2D eigenvalue weighted by atomic mass is 32.1. The van der Waals surface area contributed by atoms with Crippen LogP contribution >= 0.6 is 12.6 Å². The standard InChI is InChI=1S/C18H28N2O2S/c1-11(2)22-13(4)8-15-7-6-12(3)16(9-15)10-20-18(21)17(19)14(5)23/h6-7,9,11,13,23H,8,10,19H2,1-5H3,(H,20,21)/b17-14-. The van der Waals surface area contributed by atoms with Crippen molar-refractivity contribution in [3.8, 4) is 0 Å². The van der Waals surface area contributed by atoms with Gasteiger partial charge in [-0.2, -0.15) is 0 Å². The van der Waals surface area contributed by atoms with Crippen LogP contribution in [0.1, 0.15) is 44.4 Å². The van der Waals surface area contributed by atoms with E-state index in [2.05, 4.69) is 43.1 Å². The second-order valence-corrected chi connectivity index (χ2v) is 6.81. The highest BCUT2D eigenvalue weighted by molar-refractivity contribution is 7.84. The minimum absolute atomic E-state index is 0.154. The van der Waals surface area contributed by atoms with Gasteiger partial charge >= 0.3 is 0 Å². The maximum absolute atomic E-state index is 11.9. The number of carbonyl (C=O) groups is 1. The lowest BCUT2D eigenvalue weighted by Gasteiger charge is -2.17. The monoisotopic (exact) mass is 336 g/mol. The van der Waals surface area contributed by atoms with E-state index in [-0.39, 0.29) is 23.8 Å². The number of carbonyl (C=O) groups excluding carboxylic acids is 1. The first-order valence-corrected chi connectivity index (χ1v) is 8.32. The zero-order valence-corrected chi connectivity index (χ0v) is 15.5. The van der Waals surface area contributed by atoms with Crippen LogP contribution in [0.4, 0.5) is 0 Å². The summed E-state index contributed by atoms with van der Waals surface area (Å²) in [6.07, 6.45) is 1.22. The molecule has 23 heavy (non-hydrogen) atoms. The minimum Gasteiger partial charge on any atom is -0.394 e. The summed E-state index contributed by atoms with van der Waals surface area (Å²) >= 11 is 4.09. The molecule has 128 valence electrons. The van der Waals surface area contributed by atoms with Crippen molar-refractivity contribution < 1.29 is 9.53 Å². The van der Waals surface area contributed by atoms with Gasteiger partial charge in [-0.3, -0.25) is 4.79 Å². The fraction of sp³-hybridized carbons (Fsp3) is 0.500. The van der Waals surface area contributed by atoms with E-state index >= 15 is 0 Å². The van der Waals surface area contributed by atoms with E-state index in [1.807, 2.05) is 20.8 Å². The molecular weight excluding hydrogens is 308 g/mol. The number of ether oxygens (including phenoxy) is 1. The summed E-state index contributed by atoms with van der Waals surface area (Å²) in [6.45, 7) is 10.3. The Morgan fingerprint density at radius 3 is 2.57 bits per heavy atom. The van der Waals surface area contributed by atoms with E-state index in [9.17, 15) is 4.79 Å². The van der Waals surface area contributed by atoms with Crippen molar-refractivity contribution in [3.63, 3.8) is 0 Å². The Morgan fingerprint density at radius 2 is 2.00 bits per heavy atom. The molecule has 0 bridgehead atoms. The fourth-order valence-corrected chi connectivity index (χ4v) is 2.42. The number of hydrogen-bond acceptors (Lipinski definition) is 4. The molecule has 0 aromatic heterocycles. The number of nitrogens with one attached hydrogen (secondary N) is 1. The van der Waals surface area contributed by atoms with Gasteiger partial charge in [0.2, 0.25) is 0 Å². The second-order valence-electron chi connectivity index (χ2n) is 6.14. The largest absolute Gasteiger partial charge is 0.394 e. The molecule has 1 aromatic carbocycles. The lowest BCUT2D eigenvalue weighted by molar-refractivity contribution is -0.117. The summed E-state index contributed by atoms with van der Waals surface area (Å²) in [6, 6.07) is 6.29. The van der Waals surface area contributed by atoms with E-state index in [1.54, 1.807) is 6.92 Å². The third-order valence-electron chi connectivity index (χ3n) is 3.51. The molecule has 0 aliphatic carbocycles. The first-order valence-electron chi connectivity index (χ1n) is 7.88. The first kappa shape index (κ1) is 19.6. The Morgan fingerprint density at radius 1 is 1.35 bits per heavy atom. The van der Waals surface area contributed by atoms with E-state index in [1.165, 1.54) is 5.56 Å². The normalized spacial score (nSPS) is 13.7. The summed E-state index contributed by atoms with van der Waals surface area (Å²) in [5.74, 6) is -0.293. The van der Waals surface area contributed by atoms with Crippen molar-refractivity contribution in [3.05, 3.63) is 45.5 Å². The number of rotatable bonds is 7. The number of nitrogens with two attached hydrogens (primary N) is 1. The summed E-state index contributed by atoms with van der Waals surface area (Å²) in [5, 5.41) is 2.83. The lowest BCUT2D eigenvalue weighted by atomic mass is 10.0. The van der Waals surface area contributed by atoms with Gasteiger partial charge in [0.25, 0.3) is 5.91 Å². The van der Waals surface area contributed by atoms with E-state index in [0.29, 0.717) is 11.4 Å². The van der Waals surface area contributed by atoms with Gasteiger partial charge in [-0.25, -0.2) is 0 Å². The maximum Gasteiger partial charge on any atom is 0.268 e. The number of hydrogen-bond donors (Lipinski definition) is 3. The molecule has 0 aliphatic heterocycles. The van der Waals surface area contributed by atoms with Crippen LogP contribution in [-0.4, -0.2) is 18.1 Å². The Balaban J connectivity index is 2.74. The van der Waals surface area contributed by atoms with Crippen molar-refractivity contribution in [2.45, 2.75) is 59.8 Å². The molecule has 1 aromatic rings. The molecular formula is C18H28N2O2S. The molecule has 0 radical (unpaired) electrons. The molecule has 5 heteroatoms. The molecule has 0 saturated heterocycles. The predicted octanol–water partition coefficient (Wildman–Crippen LogP) is 3.09. The van der Waals surface area contributed by atoms with Gasteiger partial charge in [0, 0.05) is 11.4 Å². The molecule has 0 fully saturated rings. The summed E-state index contributed by atoms with van der Waals surface area (Å²) in [5.41, 5.74) is 9.25. The maximum atomic E-state index is 11.9. The Labute approximate surface area is 144 Å². The van der Waals surface area contributed by atoms with Gasteiger partial charge in [-0.05, 0) is 57.7 Å². The number of allylic oxidation sites excluding steroid dienone is 1. The summed E-state index contributed by atoms with van der Waals surface area (Å²) in [7, 11) is 0. The Kier molecular flexibility index (Phi) is 7.65. The molecule has 1 rings (SSSR count). The molecule has 4 nitrogen and oxygen atoms in total. The van der Waals surface area contributed by atoms with Crippen molar-refractivity contribution in [2.24, 2.45) is 5.73 Å². The van der Waals surface area contributed by atoms with E-state index in [4.69, 9.17) is 10.5 Å². The van der Waals surface area contributed by atoms with Crippen LogP contribution in [0.3, 0.4) is 0 Å². The topological polar surface area (TPSA) is 64.4 Å². The van der Waals surface area contributed by atoms with Gasteiger partial charge in [0.1, 0.15) is 5.70 Å². The third-order valence-corrected chi connectivity index (χ3v) is 3.76.